The Kier molecular flexibility index (Phi) is 3.96. The van der Waals surface area contributed by atoms with Gasteiger partial charge in [0.15, 0.2) is 0 Å². The third-order valence-electron chi connectivity index (χ3n) is 4.99. The van der Waals surface area contributed by atoms with Gasteiger partial charge < -0.3 is 5.32 Å². The number of hydrogen-bond acceptors (Lipinski definition) is 2. The van der Waals surface area contributed by atoms with Gasteiger partial charge in [0, 0.05) is 16.6 Å². The molecule has 130 valence electrons. The van der Waals surface area contributed by atoms with Gasteiger partial charge in [-0.15, -0.1) is 0 Å². The van der Waals surface area contributed by atoms with Crippen molar-refractivity contribution < 1.29 is 9.59 Å². The van der Waals surface area contributed by atoms with Crippen LogP contribution in [0.2, 0.25) is 0 Å². The molecule has 0 spiro atoms. The SMILES string of the molecule is CCc1ccc(NC(=O)[C@@H](C)N2C(=O)c3cccc4cccc2c34)cc1. The van der Waals surface area contributed by atoms with Crippen LogP contribution in [0.15, 0.2) is 60.7 Å². The van der Waals surface area contributed by atoms with Crippen molar-refractivity contribution in [3.63, 3.8) is 0 Å². The van der Waals surface area contributed by atoms with Crippen LogP contribution < -0.4 is 10.2 Å². The summed E-state index contributed by atoms with van der Waals surface area (Å²) in [7, 11) is 0. The number of rotatable bonds is 4. The number of carbonyl (C=O) groups excluding carboxylic acids is 2. The lowest BCUT2D eigenvalue weighted by atomic mass is 10.1. The molecule has 1 aliphatic heterocycles. The highest BCUT2D eigenvalue weighted by Gasteiger charge is 2.35. The van der Waals surface area contributed by atoms with Gasteiger partial charge >= 0.3 is 0 Å². The molecule has 0 saturated carbocycles. The highest BCUT2D eigenvalue weighted by atomic mass is 16.2. The van der Waals surface area contributed by atoms with Gasteiger partial charge in [-0.05, 0) is 48.6 Å². The number of amides is 2. The molecule has 3 aromatic carbocycles. The van der Waals surface area contributed by atoms with E-state index in [-0.39, 0.29) is 11.8 Å². The summed E-state index contributed by atoms with van der Waals surface area (Å²) in [6.45, 7) is 3.85. The zero-order valence-electron chi connectivity index (χ0n) is 14.8. The second kappa shape index (κ2) is 6.30. The lowest BCUT2D eigenvalue weighted by Crippen LogP contribution is -2.44. The zero-order chi connectivity index (χ0) is 18.3. The molecule has 3 aromatic rings. The van der Waals surface area contributed by atoms with Crippen LogP contribution in [-0.4, -0.2) is 17.9 Å². The smallest absolute Gasteiger partial charge is 0.259 e. The molecular formula is C22H20N2O2. The number of carbonyl (C=O) groups is 2. The van der Waals surface area contributed by atoms with E-state index < -0.39 is 6.04 Å². The Labute approximate surface area is 152 Å². The summed E-state index contributed by atoms with van der Waals surface area (Å²) in [6, 6.07) is 18.7. The van der Waals surface area contributed by atoms with Gasteiger partial charge in [0.25, 0.3) is 5.91 Å². The number of nitrogens with one attached hydrogen (secondary N) is 1. The summed E-state index contributed by atoms with van der Waals surface area (Å²) in [6.07, 6.45) is 0.954. The van der Waals surface area contributed by atoms with Crippen molar-refractivity contribution in [2.45, 2.75) is 26.3 Å². The Hall–Kier alpha value is -3.14. The molecule has 0 bridgehead atoms. The van der Waals surface area contributed by atoms with E-state index in [2.05, 4.69) is 12.2 Å². The molecule has 4 heteroatoms. The minimum atomic E-state index is -0.605. The molecule has 1 aliphatic rings. The van der Waals surface area contributed by atoms with Gasteiger partial charge in [-0.25, -0.2) is 0 Å². The first-order chi connectivity index (χ1) is 12.6. The molecule has 0 aromatic heterocycles. The van der Waals surface area contributed by atoms with Gasteiger partial charge in [-0.3, -0.25) is 14.5 Å². The number of hydrogen-bond donors (Lipinski definition) is 1. The fourth-order valence-corrected chi connectivity index (χ4v) is 3.51. The maximum absolute atomic E-state index is 12.9. The second-order valence-corrected chi connectivity index (χ2v) is 6.57. The van der Waals surface area contributed by atoms with Gasteiger partial charge in [0.05, 0.1) is 5.69 Å². The summed E-state index contributed by atoms with van der Waals surface area (Å²) in [5.41, 5.74) is 3.41. The predicted octanol–water partition coefficient (Wildman–Crippen LogP) is 4.39. The Morgan fingerprint density at radius 3 is 2.42 bits per heavy atom. The van der Waals surface area contributed by atoms with E-state index in [1.54, 1.807) is 11.8 Å². The lowest BCUT2D eigenvalue weighted by Gasteiger charge is -2.24. The highest BCUT2D eigenvalue weighted by molar-refractivity contribution is 6.26. The summed E-state index contributed by atoms with van der Waals surface area (Å²) >= 11 is 0. The maximum Gasteiger partial charge on any atom is 0.259 e. The fourth-order valence-electron chi connectivity index (χ4n) is 3.51. The van der Waals surface area contributed by atoms with E-state index in [1.165, 1.54) is 5.56 Å². The monoisotopic (exact) mass is 344 g/mol. The number of nitrogens with zero attached hydrogens (tertiary/aromatic N) is 1. The Morgan fingerprint density at radius 1 is 1.04 bits per heavy atom. The van der Waals surface area contributed by atoms with Crippen LogP contribution in [-0.2, 0) is 11.2 Å². The predicted molar refractivity (Wildman–Crippen MR) is 105 cm³/mol. The molecule has 0 saturated heterocycles. The van der Waals surface area contributed by atoms with Crippen molar-refractivity contribution in [3.05, 3.63) is 71.8 Å². The average molecular weight is 344 g/mol. The van der Waals surface area contributed by atoms with Crippen molar-refractivity contribution in [2.24, 2.45) is 0 Å². The van der Waals surface area contributed by atoms with E-state index in [9.17, 15) is 9.59 Å². The molecule has 26 heavy (non-hydrogen) atoms. The third-order valence-corrected chi connectivity index (χ3v) is 4.99. The van der Waals surface area contributed by atoms with Crippen molar-refractivity contribution in [1.82, 2.24) is 0 Å². The summed E-state index contributed by atoms with van der Waals surface area (Å²) in [5.74, 6) is -0.326. The molecule has 1 N–H and O–H groups in total. The highest BCUT2D eigenvalue weighted by Crippen LogP contribution is 2.38. The van der Waals surface area contributed by atoms with Gasteiger partial charge in [-0.1, -0.05) is 43.3 Å². The minimum Gasteiger partial charge on any atom is -0.324 e. The first-order valence-corrected chi connectivity index (χ1v) is 8.85. The number of aryl methyl sites for hydroxylation is 1. The van der Waals surface area contributed by atoms with Crippen LogP contribution in [0.25, 0.3) is 10.8 Å². The normalized spacial score (nSPS) is 13.9. The Bertz CT molecular complexity index is 1000. The van der Waals surface area contributed by atoms with Crippen molar-refractivity contribution in [1.29, 1.82) is 0 Å². The van der Waals surface area contributed by atoms with E-state index >= 15 is 0 Å². The van der Waals surface area contributed by atoms with E-state index in [0.717, 1.165) is 28.6 Å². The van der Waals surface area contributed by atoms with E-state index in [4.69, 9.17) is 0 Å². The van der Waals surface area contributed by atoms with Crippen LogP contribution >= 0.6 is 0 Å². The average Bonchev–Trinajstić information content (AvgIpc) is 2.96. The van der Waals surface area contributed by atoms with Crippen LogP contribution in [0.1, 0.15) is 29.8 Å². The summed E-state index contributed by atoms with van der Waals surface area (Å²) in [5, 5.41) is 4.85. The molecule has 0 unspecified atom stereocenters. The molecule has 4 nitrogen and oxygen atoms in total. The molecule has 2 amide bonds. The Balaban J connectivity index is 1.62. The first-order valence-electron chi connectivity index (χ1n) is 8.85. The minimum absolute atomic E-state index is 0.124. The second-order valence-electron chi connectivity index (χ2n) is 6.57. The summed E-state index contributed by atoms with van der Waals surface area (Å²) < 4.78 is 0. The third kappa shape index (κ3) is 2.54. The number of anilines is 2. The van der Waals surface area contributed by atoms with E-state index in [0.29, 0.717) is 5.56 Å². The molecular weight excluding hydrogens is 324 g/mol. The van der Waals surface area contributed by atoms with Gasteiger partial charge in [0.2, 0.25) is 5.91 Å². The van der Waals surface area contributed by atoms with E-state index in [1.807, 2.05) is 60.7 Å². The standard InChI is InChI=1S/C22H20N2O2/c1-3-15-10-12-17(13-11-15)23-21(25)14(2)24-19-9-5-7-16-6-4-8-18(20(16)19)22(24)26/h4-14H,3H2,1-2H3,(H,23,25)/t14-/m1/s1. The molecule has 1 heterocycles. The molecule has 0 radical (unpaired) electrons. The van der Waals surface area contributed by atoms with Crippen LogP contribution in [0.4, 0.5) is 11.4 Å². The van der Waals surface area contributed by atoms with Gasteiger partial charge in [0.1, 0.15) is 6.04 Å². The molecule has 4 rings (SSSR count). The van der Waals surface area contributed by atoms with Crippen LogP contribution in [0.5, 0.6) is 0 Å². The molecule has 0 aliphatic carbocycles. The quantitative estimate of drug-likeness (QED) is 0.763. The maximum atomic E-state index is 12.9. The van der Waals surface area contributed by atoms with Crippen LogP contribution in [0.3, 0.4) is 0 Å². The topological polar surface area (TPSA) is 49.4 Å². The Morgan fingerprint density at radius 2 is 1.73 bits per heavy atom. The number of benzene rings is 3. The van der Waals surface area contributed by atoms with Crippen molar-refractivity contribution in [2.75, 3.05) is 10.2 Å². The first kappa shape index (κ1) is 16.3. The van der Waals surface area contributed by atoms with Crippen molar-refractivity contribution >= 4 is 34.0 Å². The van der Waals surface area contributed by atoms with Gasteiger partial charge in [-0.2, -0.15) is 0 Å². The van der Waals surface area contributed by atoms with Crippen LogP contribution in [0, 0.1) is 0 Å². The molecule has 1 atom stereocenters. The lowest BCUT2D eigenvalue weighted by molar-refractivity contribution is -0.117. The molecule has 0 fully saturated rings. The zero-order valence-corrected chi connectivity index (χ0v) is 14.8. The summed E-state index contributed by atoms with van der Waals surface area (Å²) in [4.78, 5) is 27.3. The largest absolute Gasteiger partial charge is 0.324 e. The fraction of sp³-hybridized carbons (Fsp3) is 0.182. The van der Waals surface area contributed by atoms with Crippen molar-refractivity contribution in [3.8, 4) is 0 Å².